The summed E-state index contributed by atoms with van der Waals surface area (Å²) >= 11 is 0. The summed E-state index contributed by atoms with van der Waals surface area (Å²) in [4.78, 5) is 15.2. The molecule has 0 bridgehead atoms. The van der Waals surface area contributed by atoms with Crippen LogP contribution < -0.4 is 0 Å². The largest absolute Gasteiger partial charge is 0.459 e. The van der Waals surface area contributed by atoms with Gasteiger partial charge in [0.15, 0.2) is 5.76 Å². The van der Waals surface area contributed by atoms with E-state index in [4.69, 9.17) is 14.2 Å². The normalized spacial score (nSPS) is 20.6. The molecule has 6 rings (SSSR count). The van der Waals surface area contributed by atoms with Gasteiger partial charge in [0.05, 0.1) is 26.4 Å². The highest BCUT2D eigenvalue weighted by Crippen LogP contribution is 2.43. The third-order valence-electron chi connectivity index (χ3n) is 7.49. The number of hydrogen-bond donors (Lipinski definition) is 1. The zero-order chi connectivity index (χ0) is 25.2. The molecule has 37 heavy (non-hydrogen) atoms. The van der Waals surface area contributed by atoms with E-state index in [1.807, 2.05) is 30.3 Å². The average Bonchev–Trinajstić information content (AvgIpc) is 3.35. The average molecular weight is 498 g/mol. The van der Waals surface area contributed by atoms with Gasteiger partial charge in [-0.3, -0.25) is 4.79 Å². The van der Waals surface area contributed by atoms with Crippen LogP contribution in [0.25, 0.3) is 11.1 Å². The number of benzene rings is 3. The Labute approximate surface area is 217 Å². The van der Waals surface area contributed by atoms with Gasteiger partial charge in [0.1, 0.15) is 0 Å². The number of allylic oxidation sites excluding steroid dienone is 1. The van der Waals surface area contributed by atoms with Crippen LogP contribution in [0, 0.1) is 0 Å². The number of carbonyl (C=O) groups excluding carboxylic acids is 1. The van der Waals surface area contributed by atoms with Crippen LogP contribution in [0.2, 0.25) is 0 Å². The summed E-state index contributed by atoms with van der Waals surface area (Å²) in [5.41, 5.74) is 8.30. The van der Waals surface area contributed by atoms with Crippen LogP contribution in [0.3, 0.4) is 0 Å². The molecule has 6 nitrogen and oxygen atoms in total. The molecule has 0 saturated carbocycles. The second-order valence-corrected chi connectivity index (χ2v) is 9.82. The molecule has 3 aliphatic rings. The van der Waals surface area contributed by atoms with Crippen molar-refractivity contribution in [2.24, 2.45) is 0 Å². The lowest BCUT2D eigenvalue weighted by Gasteiger charge is -2.33. The highest BCUT2D eigenvalue weighted by molar-refractivity contribution is 5.92. The number of morpholine rings is 1. The van der Waals surface area contributed by atoms with Gasteiger partial charge in [-0.2, -0.15) is 0 Å². The smallest absolute Gasteiger partial charge is 0.288 e. The fraction of sp³-hybridized carbons (Fsp3) is 0.323. The second kappa shape index (κ2) is 10.5. The van der Waals surface area contributed by atoms with Crippen LogP contribution in [0.1, 0.15) is 40.2 Å². The lowest BCUT2D eigenvalue weighted by Crippen LogP contribution is -2.43. The quantitative estimate of drug-likeness (QED) is 0.424. The fourth-order valence-corrected chi connectivity index (χ4v) is 5.51. The molecule has 0 spiro atoms. The van der Waals surface area contributed by atoms with Crippen molar-refractivity contribution in [3.63, 3.8) is 0 Å². The molecular formula is C31H31NO5. The number of ether oxygens (including phenoxy) is 3. The third kappa shape index (κ3) is 4.92. The lowest BCUT2D eigenvalue weighted by atomic mass is 9.87. The van der Waals surface area contributed by atoms with Crippen molar-refractivity contribution in [3.05, 3.63) is 106 Å². The Balaban J connectivity index is 1.28. The van der Waals surface area contributed by atoms with E-state index in [0.29, 0.717) is 45.1 Å². The SMILES string of the molecule is O=C(C1=CC(c2cccc3c2Cc2ccccc2-3)CC(OCc2ccc(CO)cc2)O1)N1CCOCC1. The zero-order valence-electron chi connectivity index (χ0n) is 20.8. The summed E-state index contributed by atoms with van der Waals surface area (Å²) in [5.74, 6) is 0.247. The summed E-state index contributed by atoms with van der Waals surface area (Å²) in [7, 11) is 0. The van der Waals surface area contributed by atoms with Crippen molar-refractivity contribution >= 4 is 5.91 Å². The molecule has 2 heterocycles. The van der Waals surface area contributed by atoms with Gasteiger partial charge in [-0.25, -0.2) is 0 Å². The van der Waals surface area contributed by atoms with E-state index in [2.05, 4.69) is 42.5 Å². The van der Waals surface area contributed by atoms with E-state index in [9.17, 15) is 9.90 Å². The highest BCUT2D eigenvalue weighted by Gasteiger charge is 2.33. The van der Waals surface area contributed by atoms with Crippen LogP contribution >= 0.6 is 0 Å². The van der Waals surface area contributed by atoms with Gasteiger partial charge in [0, 0.05) is 25.4 Å². The molecule has 6 heteroatoms. The van der Waals surface area contributed by atoms with Crippen molar-refractivity contribution in [3.8, 4) is 11.1 Å². The first kappa shape index (κ1) is 23.9. The monoisotopic (exact) mass is 497 g/mol. The van der Waals surface area contributed by atoms with E-state index >= 15 is 0 Å². The molecule has 0 radical (unpaired) electrons. The maximum absolute atomic E-state index is 13.4. The van der Waals surface area contributed by atoms with E-state index in [1.54, 1.807) is 4.90 Å². The minimum atomic E-state index is -0.549. The molecule has 2 aliphatic heterocycles. The standard InChI is InChI=1S/C31H31NO5/c33-19-21-8-10-22(11-9-21)20-36-30-18-24(17-29(37-30)31(34)32-12-14-35-15-13-32)26-6-3-7-27-25-5-2-1-4-23(25)16-28(26)27/h1-11,17,24,30,33H,12-16,18-20H2. The van der Waals surface area contributed by atoms with E-state index < -0.39 is 6.29 Å². The van der Waals surface area contributed by atoms with Gasteiger partial charge in [0.25, 0.3) is 5.91 Å². The van der Waals surface area contributed by atoms with Gasteiger partial charge in [-0.15, -0.1) is 0 Å². The van der Waals surface area contributed by atoms with Crippen molar-refractivity contribution in [2.45, 2.75) is 38.3 Å². The number of hydrogen-bond acceptors (Lipinski definition) is 5. The molecule has 2 unspecified atom stereocenters. The van der Waals surface area contributed by atoms with Crippen LogP contribution in [-0.2, 0) is 38.6 Å². The van der Waals surface area contributed by atoms with Crippen LogP contribution in [-0.4, -0.2) is 48.5 Å². The maximum Gasteiger partial charge on any atom is 0.288 e. The van der Waals surface area contributed by atoms with Gasteiger partial charge >= 0.3 is 0 Å². The molecular weight excluding hydrogens is 466 g/mol. The minimum Gasteiger partial charge on any atom is -0.459 e. The van der Waals surface area contributed by atoms with Gasteiger partial charge in [-0.1, -0.05) is 66.7 Å². The topological polar surface area (TPSA) is 68.2 Å². The Kier molecular flexibility index (Phi) is 6.79. The number of rotatable bonds is 6. The number of aliphatic hydroxyl groups excluding tert-OH is 1. The lowest BCUT2D eigenvalue weighted by molar-refractivity contribution is -0.158. The van der Waals surface area contributed by atoms with Crippen molar-refractivity contribution in [1.29, 1.82) is 0 Å². The van der Waals surface area contributed by atoms with Crippen LogP contribution in [0.15, 0.2) is 78.6 Å². The summed E-state index contributed by atoms with van der Waals surface area (Å²) in [6.45, 7) is 2.57. The Morgan fingerprint density at radius 1 is 0.946 bits per heavy atom. The molecule has 1 amide bonds. The first-order valence-corrected chi connectivity index (χ1v) is 13.0. The zero-order valence-corrected chi connectivity index (χ0v) is 20.8. The molecule has 2 atom stereocenters. The molecule has 190 valence electrons. The van der Waals surface area contributed by atoms with Crippen molar-refractivity contribution < 1.29 is 24.1 Å². The Hall–Kier alpha value is -3.45. The summed E-state index contributed by atoms with van der Waals surface area (Å²) in [6, 6.07) is 22.7. The van der Waals surface area contributed by atoms with Crippen LogP contribution in [0.5, 0.6) is 0 Å². The summed E-state index contributed by atoms with van der Waals surface area (Å²) < 4.78 is 17.8. The second-order valence-electron chi connectivity index (χ2n) is 9.82. The molecule has 1 aliphatic carbocycles. The maximum atomic E-state index is 13.4. The van der Waals surface area contributed by atoms with E-state index in [-0.39, 0.29) is 18.4 Å². The predicted octanol–water partition coefficient (Wildman–Crippen LogP) is 4.54. The first-order valence-electron chi connectivity index (χ1n) is 13.0. The Morgan fingerprint density at radius 3 is 2.51 bits per heavy atom. The number of amides is 1. The molecule has 1 N–H and O–H groups in total. The number of nitrogens with zero attached hydrogens (tertiary/aromatic N) is 1. The van der Waals surface area contributed by atoms with E-state index in [0.717, 1.165) is 17.5 Å². The van der Waals surface area contributed by atoms with Crippen molar-refractivity contribution in [2.75, 3.05) is 26.3 Å². The minimum absolute atomic E-state index is 0.000215. The number of carbonyl (C=O) groups is 1. The molecule has 0 aromatic heterocycles. The predicted molar refractivity (Wildman–Crippen MR) is 140 cm³/mol. The van der Waals surface area contributed by atoms with Gasteiger partial charge in [0.2, 0.25) is 6.29 Å². The Bertz CT molecular complexity index is 1310. The first-order chi connectivity index (χ1) is 18.2. The molecule has 3 aromatic rings. The molecule has 1 fully saturated rings. The van der Waals surface area contributed by atoms with Crippen LogP contribution in [0.4, 0.5) is 0 Å². The third-order valence-corrected chi connectivity index (χ3v) is 7.49. The van der Waals surface area contributed by atoms with E-state index in [1.165, 1.54) is 27.8 Å². The van der Waals surface area contributed by atoms with Gasteiger partial charge < -0.3 is 24.2 Å². The molecule has 1 saturated heterocycles. The Morgan fingerprint density at radius 2 is 1.70 bits per heavy atom. The molecule has 3 aromatic carbocycles. The summed E-state index contributed by atoms with van der Waals surface area (Å²) in [6.07, 6.45) is 2.96. The number of fused-ring (bicyclic) bond motifs is 3. The van der Waals surface area contributed by atoms with Gasteiger partial charge in [-0.05, 0) is 51.4 Å². The fourth-order valence-electron chi connectivity index (χ4n) is 5.51. The number of aliphatic hydroxyl groups is 1. The summed E-state index contributed by atoms with van der Waals surface area (Å²) in [5, 5.41) is 9.31. The highest BCUT2D eigenvalue weighted by atomic mass is 16.7. The van der Waals surface area contributed by atoms with Crippen molar-refractivity contribution in [1.82, 2.24) is 4.90 Å².